The van der Waals surface area contributed by atoms with E-state index >= 15 is 0 Å². The molecule has 114 valence electrons. The Morgan fingerprint density at radius 1 is 1.09 bits per heavy atom. The normalized spacial score (nSPS) is 10.7. The van der Waals surface area contributed by atoms with Crippen LogP contribution in [0.4, 0.5) is 11.5 Å². The van der Waals surface area contributed by atoms with E-state index in [2.05, 4.69) is 29.2 Å². The lowest BCUT2D eigenvalue weighted by atomic mass is 10.2. The van der Waals surface area contributed by atoms with Gasteiger partial charge in [-0.2, -0.15) is 5.10 Å². The molecule has 3 aromatic rings. The molecule has 0 spiro atoms. The lowest BCUT2D eigenvalue weighted by molar-refractivity contribution is 0.355. The lowest BCUT2D eigenvalue weighted by Crippen LogP contribution is -2.00. The lowest BCUT2D eigenvalue weighted by Gasteiger charge is -2.11. The van der Waals surface area contributed by atoms with E-state index in [0.29, 0.717) is 11.5 Å². The Bertz CT molecular complexity index is 826. The second kappa shape index (κ2) is 5.55. The Morgan fingerprint density at radius 3 is 2.59 bits per heavy atom. The number of aromatic nitrogens is 3. The van der Waals surface area contributed by atoms with Crippen molar-refractivity contribution in [1.82, 2.24) is 14.6 Å². The molecule has 2 aromatic heterocycles. The molecule has 1 N–H and O–H groups in total. The summed E-state index contributed by atoms with van der Waals surface area (Å²) < 4.78 is 12.4. The van der Waals surface area contributed by atoms with Crippen molar-refractivity contribution in [3.8, 4) is 11.5 Å². The molecule has 0 unspecified atom stereocenters. The molecular formula is C16H18N4O2. The molecular weight excluding hydrogens is 280 g/mol. The van der Waals surface area contributed by atoms with Crippen LogP contribution >= 0.6 is 0 Å². The van der Waals surface area contributed by atoms with Gasteiger partial charge in [0.1, 0.15) is 11.8 Å². The van der Waals surface area contributed by atoms with Crippen LogP contribution in [0.2, 0.25) is 0 Å². The zero-order valence-electron chi connectivity index (χ0n) is 13.0. The first kappa shape index (κ1) is 14.2. The van der Waals surface area contributed by atoms with Gasteiger partial charge in [0.2, 0.25) is 0 Å². The van der Waals surface area contributed by atoms with Gasteiger partial charge in [-0.05, 0) is 37.1 Å². The van der Waals surface area contributed by atoms with Gasteiger partial charge < -0.3 is 14.8 Å². The average molecular weight is 298 g/mol. The van der Waals surface area contributed by atoms with E-state index in [-0.39, 0.29) is 0 Å². The average Bonchev–Trinajstić information content (AvgIpc) is 2.83. The quantitative estimate of drug-likeness (QED) is 0.802. The first-order chi connectivity index (χ1) is 10.6. The number of nitrogens with one attached hydrogen (secondary N) is 1. The number of fused-ring (bicyclic) bond motifs is 1. The van der Waals surface area contributed by atoms with Crippen molar-refractivity contribution in [2.24, 2.45) is 0 Å². The molecule has 2 heterocycles. The number of hydrogen-bond donors (Lipinski definition) is 1. The van der Waals surface area contributed by atoms with Crippen LogP contribution in [0, 0.1) is 13.8 Å². The summed E-state index contributed by atoms with van der Waals surface area (Å²) in [7, 11) is 3.23. The maximum Gasteiger partial charge on any atom is 0.162 e. The van der Waals surface area contributed by atoms with Gasteiger partial charge in [-0.25, -0.2) is 9.50 Å². The van der Waals surface area contributed by atoms with Crippen LogP contribution in [0.15, 0.2) is 30.7 Å². The molecule has 3 rings (SSSR count). The minimum atomic E-state index is 0.667. The van der Waals surface area contributed by atoms with Crippen LogP contribution in [-0.2, 0) is 0 Å². The number of methoxy groups -OCH3 is 2. The molecule has 0 aliphatic carbocycles. The minimum absolute atomic E-state index is 0.667. The Balaban J connectivity index is 2.03. The number of benzene rings is 1. The molecule has 22 heavy (non-hydrogen) atoms. The molecule has 6 nitrogen and oxygen atoms in total. The highest BCUT2D eigenvalue weighted by Crippen LogP contribution is 2.32. The molecule has 0 radical (unpaired) electrons. The molecule has 0 saturated heterocycles. The summed E-state index contributed by atoms with van der Waals surface area (Å²) in [5.41, 5.74) is 4.17. The second-order valence-electron chi connectivity index (χ2n) is 5.03. The van der Waals surface area contributed by atoms with Gasteiger partial charge in [-0.15, -0.1) is 0 Å². The Morgan fingerprint density at radius 2 is 1.86 bits per heavy atom. The van der Waals surface area contributed by atoms with E-state index in [4.69, 9.17) is 9.47 Å². The van der Waals surface area contributed by atoms with Gasteiger partial charge in [0.25, 0.3) is 0 Å². The highest BCUT2D eigenvalue weighted by atomic mass is 16.5. The van der Waals surface area contributed by atoms with Crippen LogP contribution in [0.25, 0.3) is 5.52 Å². The number of hydrogen-bond acceptors (Lipinski definition) is 5. The van der Waals surface area contributed by atoms with E-state index in [9.17, 15) is 0 Å². The number of ether oxygens (including phenoxy) is 2. The maximum atomic E-state index is 5.33. The Hall–Kier alpha value is -2.76. The fraction of sp³-hybridized carbons (Fsp3) is 0.250. The predicted molar refractivity (Wildman–Crippen MR) is 85.3 cm³/mol. The van der Waals surface area contributed by atoms with Crippen molar-refractivity contribution in [1.29, 1.82) is 0 Å². The van der Waals surface area contributed by atoms with Gasteiger partial charge >= 0.3 is 0 Å². The number of anilines is 2. The first-order valence-corrected chi connectivity index (χ1v) is 6.92. The largest absolute Gasteiger partial charge is 0.493 e. The van der Waals surface area contributed by atoms with Gasteiger partial charge in [0, 0.05) is 18.0 Å². The Labute approximate surface area is 128 Å². The van der Waals surface area contributed by atoms with Gasteiger partial charge in [0.05, 0.1) is 14.2 Å². The fourth-order valence-corrected chi connectivity index (χ4v) is 2.42. The molecule has 0 amide bonds. The SMILES string of the molecule is COc1ccc(Nc2ncnn3cc(C)c(C)c23)cc1OC. The number of rotatable bonds is 4. The highest BCUT2D eigenvalue weighted by molar-refractivity contribution is 5.77. The van der Waals surface area contributed by atoms with Crippen molar-refractivity contribution in [2.45, 2.75) is 13.8 Å². The topological polar surface area (TPSA) is 60.7 Å². The van der Waals surface area contributed by atoms with E-state index in [1.165, 1.54) is 11.9 Å². The van der Waals surface area contributed by atoms with Crippen molar-refractivity contribution in [3.63, 3.8) is 0 Å². The summed E-state index contributed by atoms with van der Waals surface area (Å²) in [5.74, 6) is 2.12. The molecule has 1 aromatic carbocycles. The summed E-state index contributed by atoms with van der Waals surface area (Å²) >= 11 is 0. The van der Waals surface area contributed by atoms with Crippen LogP contribution in [0.3, 0.4) is 0 Å². The molecule has 0 fully saturated rings. The number of nitrogens with zero attached hydrogens (tertiary/aromatic N) is 3. The van der Waals surface area contributed by atoms with Crippen molar-refractivity contribution in [2.75, 3.05) is 19.5 Å². The van der Waals surface area contributed by atoms with Crippen molar-refractivity contribution < 1.29 is 9.47 Å². The standard InChI is InChI=1S/C16H18N4O2/c1-10-8-20-15(11(10)2)16(17-9-18-20)19-12-5-6-13(21-3)14(7-12)22-4/h5-9H,1-4H3,(H,17,18,19). The van der Waals surface area contributed by atoms with E-state index in [1.807, 2.05) is 28.9 Å². The fourth-order valence-electron chi connectivity index (χ4n) is 2.42. The molecule has 0 aliphatic rings. The summed E-state index contributed by atoms with van der Waals surface area (Å²) in [6.45, 7) is 4.12. The summed E-state index contributed by atoms with van der Waals surface area (Å²) in [6.07, 6.45) is 3.53. The second-order valence-corrected chi connectivity index (χ2v) is 5.03. The van der Waals surface area contributed by atoms with Gasteiger partial charge in [-0.1, -0.05) is 0 Å². The molecule has 0 atom stereocenters. The molecule has 0 aliphatic heterocycles. The molecule has 0 bridgehead atoms. The maximum absolute atomic E-state index is 5.33. The van der Waals surface area contributed by atoms with E-state index in [1.54, 1.807) is 14.2 Å². The summed E-state index contributed by atoms with van der Waals surface area (Å²) in [4.78, 5) is 4.36. The van der Waals surface area contributed by atoms with Crippen molar-refractivity contribution in [3.05, 3.63) is 41.9 Å². The molecule has 0 saturated carbocycles. The van der Waals surface area contributed by atoms with Crippen molar-refractivity contribution >= 4 is 17.0 Å². The van der Waals surface area contributed by atoms with E-state index in [0.717, 1.165) is 22.6 Å². The monoisotopic (exact) mass is 298 g/mol. The van der Waals surface area contributed by atoms with Crippen LogP contribution in [0.5, 0.6) is 11.5 Å². The number of aryl methyl sites for hydroxylation is 2. The summed E-state index contributed by atoms with van der Waals surface area (Å²) in [6, 6.07) is 5.66. The van der Waals surface area contributed by atoms with Crippen LogP contribution < -0.4 is 14.8 Å². The third-order valence-electron chi connectivity index (χ3n) is 3.73. The first-order valence-electron chi connectivity index (χ1n) is 6.92. The van der Waals surface area contributed by atoms with Gasteiger partial charge in [0.15, 0.2) is 17.3 Å². The van der Waals surface area contributed by atoms with Gasteiger partial charge in [-0.3, -0.25) is 0 Å². The minimum Gasteiger partial charge on any atom is -0.493 e. The van der Waals surface area contributed by atoms with Crippen LogP contribution in [-0.4, -0.2) is 28.8 Å². The van der Waals surface area contributed by atoms with Crippen LogP contribution in [0.1, 0.15) is 11.1 Å². The smallest absolute Gasteiger partial charge is 0.162 e. The Kier molecular flexibility index (Phi) is 3.58. The highest BCUT2D eigenvalue weighted by Gasteiger charge is 2.11. The zero-order chi connectivity index (χ0) is 15.7. The predicted octanol–water partition coefficient (Wildman–Crippen LogP) is 3.11. The summed E-state index contributed by atoms with van der Waals surface area (Å²) in [5, 5.41) is 7.57. The third-order valence-corrected chi connectivity index (χ3v) is 3.73. The molecule has 6 heteroatoms. The third kappa shape index (κ3) is 2.32. The zero-order valence-corrected chi connectivity index (χ0v) is 13.0. The van der Waals surface area contributed by atoms with E-state index < -0.39 is 0 Å².